The van der Waals surface area contributed by atoms with E-state index in [-0.39, 0.29) is 18.3 Å². The molecule has 2 heterocycles. The number of hydrogen-bond donors (Lipinski definition) is 3. The molecule has 2 aliphatic rings. The first-order valence-electron chi connectivity index (χ1n) is 9.64. The Kier molecular flexibility index (Phi) is 7.92. The van der Waals surface area contributed by atoms with Crippen LogP contribution in [0.3, 0.4) is 0 Å². The minimum absolute atomic E-state index is 0. The Morgan fingerprint density at radius 2 is 1.63 bits per heavy atom. The van der Waals surface area contributed by atoms with E-state index in [4.69, 9.17) is 5.11 Å². The number of carboxylic acids is 1. The number of piperidine rings is 2. The molecule has 150 valence electrons. The molecule has 1 unspecified atom stereocenters. The molecule has 1 aromatic rings. The summed E-state index contributed by atoms with van der Waals surface area (Å²) in [6, 6.07) is 6.43. The summed E-state index contributed by atoms with van der Waals surface area (Å²) < 4.78 is 0. The average Bonchev–Trinajstić information content (AvgIpc) is 2.69. The monoisotopic (exact) mass is 395 g/mol. The molecule has 27 heavy (non-hydrogen) atoms. The Hall–Kier alpha value is -1.79. The predicted octanol–water partition coefficient (Wildman–Crippen LogP) is 2.85. The number of aliphatic carboxylic acids is 1. The van der Waals surface area contributed by atoms with Gasteiger partial charge in [0.2, 0.25) is 0 Å². The second kappa shape index (κ2) is 9.95. The lowest BCUT2D eigenvalue weighted by Gasteiger charge is -2.37. The van der Waals surface area contributed by atoms with Gasteiger partial charge in [-0.15, -0.1) is 12.4 Å². The zero-order valence-corrected chi connectivity index (χ0v) is 16.6. The van der Waals surface area contributed by atoms with E-state index in [1.54, 1.807) is 31.2 Å². The maximum atomic E-state index is 12.7. The molecular weight excluding hydrogens is 366 g/mol. The number of nitrogens with zero attached hydrogens (tertiary/aromatic N) is 1. The fourth-order valence-corrected chi connectivity index (χ4v) is 4.09. The van der Waals surface area contributed by atoms with E-state index in [9.17, 15) is 9.59 Å². The van der Waals surface area contributed by atoms with E-state index in [2.05, 4.69) is 10.6 Å². The zero-order valence-electron chi connectivity index (χ0n) is 15.8. The summed E-state index contributed by atoms with van der Waals surface area (Å²) in [5.74, 6) is 0.744. The van der Waals surface area contributed by atoms with Crippen molar-refractivity contribution in [1.29, 1.82) is 0 Å². The number of nitrogens with one attached hydrogen (secondary N) is 2. The number of halogens is 1. The molecule has 2 saturated heterocycles. The van der Waals surface area contributed by atoms with Crippen LogP contribution >= 0.6 is 12.4 Å². The second-order valence-electron chi connectivity index (χ2n) is 7.50. The fraction of sp³-hybridized carbons (Fsp3) is 0.600. The first-order valence-corrected chi connectivity index (χ1v) is 9.64. The van der Waals surface area contributed by atoms with Crippen molar-refractivity contribution in [3.05, 3.63) is 29.8 Å². The van der Waals surface area contributed by atoms with Crippen molar-refractivity contribution in [3.63, 3.8) is 0 Å². The minimum Gasteiger partial charge on any atom is -0.480 e. The minimum atomic E-state index is -0.901. The molecule has 6 nitrogen and oxygen atoms in total. The van der Waals surface area contributed by atoms with Gasteiger partial charge in [0.05, 0.1) is 0 Å². The molecule has 1 amide bonds. The van der Waals surface area contributed by atoms with Gasteiger partial charge < -0.3 is 20.6 Å². The molecule has 3 N–H and O–H groups in total. The second-order valence-corrected chi connectivity index (χ2v) is 7.50. The van der Waals surface area contributed by atoms with Crippen molar-refractivity contribution < 1.29 is 14.7 Å². The van der Waals surface area contributed by atoms with Crippen molar-refractivity contribution >= 4 is 30.0 Å². The van der Waals surface area contributed by atoms with Crippen LogP contribution in [0.1, 0.15) is 43.0 Å². The Balaban J connectivity index is 0.00000261. The van der Waals surface area contributed by atoms with Gasteiger partial charge in [0.25, 0.3) is 5.91 Å². The third-order valence-corrected chi connectivity index (χ3v) is 5.76. The molecule has 2 fully saturated rings. The molecule has 0 aromatic heterocycles. The zero-order chi connectivity index (χ0) is 18.5. The lowest BCUT2D eigenvalue weighted by atomic mass is 9.79. The number of carboxylic acid groups (broad SMARTS) is 1. The van der Waals surface area contributed by atoms with Crippen LogP contribution in [0.5, 0.6) is 0 Å². The molecule has 0 spiro atoms. The van der Waals surface area contributed by atoms with Gasteiger partial charge in [0.1, 0.15) is 6.04 Å². The smallest absolute Gasteiger partial charge is 0.325 e. The van der Waals surface area contributed by atoms with Crippen molar-refractivity contribution in [3.8, 4) is 0 Å². The summed E-state index contributed by atoms with van der Waals surface area (Å²) in [4.78, 5) is 25.6. The Labute approximate surface area is 167 Å². The highest BCUT2D eigenvalue weighted by Gasteiger charge is 2.29. The Bertz CT molecular complexity index is 624. The van der Waals surface area contributed by atoms with Crippen molar-refractivity contribution in [2.45, 2.75) is 38.6 Å². The van der Waals surface area contributed by atoms with Crippen LogP contribution in [0.25, 0.3) is 0 Å². The molecule has 1 aromatic carbocycles. The van der Waals surface area contributed by atoms with Gasteiger partial charge in [-0.3, -0.25) is 9.59 Å². The van der Waals surface area contributed by atoms with Crippen LogP contribution < -0.4 is 10.6 Å². The van der Waals surface area contributed by atoms with Gasteiger partial charge in [-0.1, -0.05) is 0 Å². The molecule has 1 atom stereocenters. The largest absolute Gasteiger partial charge is 0.480 e. The number of anilines is 1. The molecule has 2 aliphatic heterocycles. The maximum absolute atomic E-state index is 12.7. The standard InChI is InChI=1S/C20H29N3O3.ClH/c1-14(20(25)26)22-18-4-2-17(3-5-18)19(24)23-12-8-16(9-13-23)15-6-10-21-11-7-15;/h2-5,14-16,21-22H,6-13H2,1H3,(H,25,26);1H. The summed E-state index contributed by atoms with van der Waals surface area (Å²) in [5, 5.41) is 15.3. The van der Waals surface area contributed by atoms with Gasteiger partial charge in [0, 0.05) is 24.3 Å². The SMILES string of the molecule is CC(Nc1ccc(C(=O)N2CCC(C3CCNCC3)CC2)cc1)C(=O)O.Cl. The summed E-state index contributed by atoms with van der Waals surface area (Å²) in [6.07, 6.45) is 4.74. The van der Waals surface area contributed by atoms with Gasteiger partial charge in [0.15, 0.2) is 0 Å². The first-order chi connectivity index (χ1) is 12.5. The molecular formula is C20H30ClN3O3. The highest BCUT2D eigenvalue weighted by Crippen LogP contribution is 2.31. The third kappa shape index (κ3) is 5.59. The lowest BCUT2D eigenvalue weighted by molar-refractivity contribution is -0.137. The molecule has 0 radical (unpaired) electrons. The topological polar surface area (TPSA) is 81.7 Å². The van der Waals surface area contributed by atoms with Crippen LogP contribution in [0.4, 0.5) is 5.69 Å². The molecule has 7 heteroatoms. The highest BCUT2D eigenvalue weighted by atomic mass is 35.5. The van der Waals surface area contributed by atoms with Crippen LogP contribution in [0.2, 0.25) is 0 Å². The number of carbonyl (C=O) groups is 2. The summed E-state index contributed by atoms with van der Waals surface area (Å²) >= 11 is 0. The Morgan fingerprint density at radius 3 is 2.19 bits per heavy atom. The summed E-state index contributed by atoms with van der Waals surface area (Å²) in [7, 11) is 0. The average molecular weight is 396 g/mol. The van der Waals surface area contributed by atoms with E-state index in [1.807, 2.05) is 4.90 Å². The Morgan fingerprint density at radius 1 is 1.07 bits per heavy atom. The van der Waals surface area contributed by atoms with Gasteiger partial charge in [-0.05, 0) is 81.8 Å². The van der Waals surface area contributed by atoms with Crippen LogP contribution in [-0.2, 0) is 4.79 Å². The molecule has 0 bridgehead atoms. The van der Waals surface area contributed by atoms with E-state index in [0.29, 0.717) is 11.3 Å². The van der Waals surface area contributed by atoms with E-state index >= 15 is 0 Å². The number of carbonyl (C=O) groups excluding carboxylic acids is 1. The normalized spacial score (nSPS) is 19.8. The number of amides is 1. The quantitative estimate of drug-likeness (QED) is 0.714. The number of benzene rings is 1. The predicted molar refractivity (Wildman–Crippen MR) is 109 cm³/mol. The van der Waals surface area contributed by atoms with E-state index < -0.39 is 12.0 Å². The highest BCUT2D eigenvalue weighted by molar-refractivity contribution is 5.94. The van der Waals surface area contributed by atoms with Gasteiger partial charge in [-0.2, -0.15) is 0 Å². The lowest BCUT2D eigenvalue weighted by Crippen LogP contribution is -2.42. The van der Waals surface area contributed by atoms with Crippen LogP contribution in [0.15, 0.2) is 24.3 Å². The molecule has 0 aliphatic carbocycles. The molecule has 3 rings (SSSR count). The number of hydrogen-bond acceptors (Lipinski definition) is 4. The number of rotatable bonds is 5. The first kappa shape index (κ1) is 21.5. The van der Waals surface area contributed by atoms with E-state index in [1.165, 1.54) is 12.8 Å². The van der Waals surface area contributed by atoms with E-state index in [0.717, 1.165) is 50.9 Å². The van der Waals surface area contributed by atoms with Crippen molar-refractivity contribution in [1.82, 2.24) is 10.2 Å². The van der Waals surface area contributed by atoms with Crippen LogP contribution in [-0.4, -0.2) is 54.1 Å². The molecule has 0 saturated carbocycles. The van der Waals surface area contributed by atoms with Crippen molar-refractivity contribution in [2.75, 3.05) is 31.5 Å². The number of likely N-dealkylation sites (tertiary alicyclic amines) is 1. The van der Waals surface area contributed by atoms with Gasteiger partial charge >= 0.3 is 5.97 Å². The fourth-order valence-electron chi connectivity index (χ4n) is 4.09. The van der Waals surface area contributed by atoms with Crippen LogP contribution in [0, 0.1) is 11.8 Å². The third-order valence-electron chi connectivity index (χ3n) is 5.76. The summed E-state index contributed by atoms with van der Waals surface area (Å²) in [5.41, 5.74) is 1.37. The summed E-state index contributed by atoms with van der Waals surface area (Å²) in [6.45, 7) is 5.52. The van der Waals surface area contributed by atoms with Gasteiger partial charge in [-0.25, -0.2) is 0 Å². The maximum Gasteiger partial charge on any atom is 0.325 e. The van der Waals surface area contributed by atoms with Crippen molar-refractivity contribution in [2.24, 2.45) is 11.8 Å².